The van der Waals surface area contributed by atoms with Crippen LogP contribution < -0.4 is 0 Å². The minimum atomic E-state index is -4.95. The molecule has 2 aromatic rings. The second-order valence-electron chi connectivity index (χ2n) is 5.04. The van der Waals surface area contributed by atoms with E-state index in [0.717, 1.165) is 24.3 Å². The van der Waals surface area contributed by atoms with Crippen LogP contribution in [-0.2, 0) is 12.4 Å². The number of rotatable bonds is 1. The first-order valence-electron chi connectivity index (χ1n) is 6.76. The number of hydrogen-bond acceptors (Lipinski definition) is 2. The first-order chi connectivity index (χ1) is 11.9. The highest BCUT2D eigenvalue weighted by atomic mass is 19.4. The van der Waals surface area contributed by atoms with Gasteiger partial charge in [0.15, 0.2) is 0 Å². The summed E-state index contributed by atoms with van der Waals surface area (Å²) in [7, 11) is 0. The number of carboxylic acids is 1. The van der Waals surface area contributed by atoms with Crippen molar-refractivity contribution in [1.29, 1.82) is 0 Å². The zero-order chi connectivity index (χ0) is 19.7. The Labute approximate surface area is 142 Å². The SMILES string of the molecule is O=C(O)c1ccc(C#Cc2ccc(O)cc2C(F)(F)F)c(C(F)(F)F)c1. The van der Waals surface area contributed by atoms with Crippen LogP contribution in [0, 0.1) is 11.8 Å². The van der Waals surface area contributed by atoms with Crippen LogP contribution >= 0.6 is 0 Å². The van der Waals surface area contributed by atoms with Crippen molar-refractivity contribution in [2.75, 3.05) is 0 Å². The zero-order valence-electron chi connectivity index (χ0n) is 12.5. The second kappa shape index (κ2) is 6.63. The lowest BCUT2D eigenvalue weighted by Gasteiger charge is -2.11. The Balaban J connectivity index is 2.60. The molecule has 0 saturated carbocycles. The Kier molecular flexibility index (Phi) is 4.89. The average molecular weight is 374 g/mol. The summed E-state index contributed by atoms with van der Waals surface area (Å²) in [6, 6.07) is 4.13. The first-order valence-corrected chi connectivity index (χ1v) is 6.76. The summed E-state index contributed by atoms with van der Waals surface area (Å²) in [5, 5.41) is 17.9. The van der Waals surface area contributed by atoms with Gasteiger partial charge < -0.3 is 10.2 Å². The summed E-state index contributed by atoms with van der Waals surface area (Å²) >= 11 is 0. The third kappa shape index (κ3) is 4.27. The van der Waals surface area contributed by atoms with Crippen molar-refractivity contribution in [3.05, 3.63) is 64.2 Å². The maximum atomic E-state index is 13.1. The summed E-state index contributed by atoms with van der Waals surface area (Å²) in [5.41, 5.74) is -4.63. The Bertz CT molecular complexity index is 917. The van der Waals surface area contributed by atoms with Crippen LogP contribution in [0.5, 0.6) is 5.75 Å². The van der Waals surface area contributed by atoms with Gasteiger partial charge >= 0.3 is 18.3 Å². The van der Waals surface area contributed by atoms with Crippen molar-refractivity contribution in [2.45, 2.75) is 12.4 Å². The molecule has 0 spiro atoms. The molecule has 0 radical (unpaired) electrons. The molecule has 0 aliphatic heterocycles. The van der Waals surface area contributed by atoms with Gasteiger partial charge in [0.25, 0.3) is 0 Å². The average Bonchev–Trinajstić information content (AvgIpc) is 2.51. The molecule has 136 valence electrons. The fraction of sp³-hybridized carbons (Fsp3) is 0.118. The summed E-state index contributed by atoms with van der Waals surface area (Å²) in [5.74, 6) is 1.72. The van der Waals surface area contributed by atoms with Gasteiger partial charge in [-0.3, -0.25) is 0 Å². The van der Waals surface area contributed by atoms with Gasteiger partial charge in [-0.05, 0) is 36.4 Å². The molecule has 2 N–H and O–H groups in total. The minimum absolute atomic E-state index is 0.355. The summed E-state index contributed by atoms with van der Waals surface area (Å²) in [4.78, 5) is 10.8. The van der Waals surface area contributed by atoms with Crippen molar-refractivity contribution < 1.29 is 41.4 Å². The molecule has 2 aromatic carbocycles. The van der Waals surface area contributed by atoms with E-state index in [1.165, 1.54) is 0 Å². The van der Waals surface area contributed by atoms with Crippen molar-refractivity contribution in [1.82, 2.24) is 0 Å². The molecule has 0 heterocycles. The number of aromatic hydroxyl groups is 1. The van der Waals surface area contributed by atoms with Crippen molar-refractivity contribution in [3.8, 4) is 17.6 Å². The molecule has 0 aromatic heterocycles. The number of alkyl halides is 6. The van der Waals surface area contributed by atoms with Gasteiger partial charge in [-0.1, -0.05) is 11.8 Å². The Morgan fingerprint density at radius 3 is 1.73 bits per heavy atom. The maximum absolute atomic E-state index is 13.1. The van der Waals surface area contributed by atoms with Gasteiger partial charge in [0.1, 0.15) is 5.75 Å². The number of halogens is 6. The number of carbonyl (C=O) groups is 1. The van der Waals surface area contributed by atoms with Crippen LogP contribution in [-0.4, -0.2) is 16.2 Å². The summed E-state index contributed by atoms with van der Waals surface area (Å²) < 4.78 is 78.0. The quantitative estimate of drug-likeness (QED) is 0.570. The lowest BCUT2D eigenvalue weighted by atomic mass is 10.0. The van der Waals surface area contributed by atoms with Gasteiger partial charge in [-0.15, -0.1) is 0 Å². The number of benzene rings is 2. The third-order valence-corrected chi connectivity index (χ3v) is 3.21. The lowest BCUT2D eigenvalue weighted by molar-refractivity contribution is -0.138. The van der Waals surface area contributed by atoms with E-state index in [2.05, 4.69) is 0 Å². The molecular formula is C17H8F6O3. The normalized spacial score (nSPS) is 11.6. The molecule has 9 heteroatoms. The summed E-state index contributed by atoms with van der Waals surface area (Å²) in [6.45, 7) is 0. The molecule has 0 bridgehead atoms. The van der Waals surface area contributed by atoms with Crippen molar-refractivity contribution in [3.63, 3.8) is 0 Å². The second-order valence-corrected chi connectivity index (χ2v) is 5.04. The summed E-state index contributed by atoms with van der Waals surface area (Å²) in [6.07, 6.45) is -9.82. The third-order valence-electron chi connectivity index (χ3n) is 3.21. The molecule has 2 rings (SSSR count). The number of phenols is 1. The number of carboxylic acid groups (broad SMARTS) is 1. The fourth-order valence-corrected chi connectivity index (χ4v) is 2.03. The van der Waals surface area contributed by atoms with Gasteiger partial charge in [0.05, 0.1) is 16.7 Å². The van der Waals surface area contributed by atoms with Crippen LogP contribution in [0.25, 0.3) is 0 Å². The Hall–Kier alpha value is -3.15. The topological polar surface area (TPSA) is 57.5 Å². The largest absolute Gasteiger partial charge is 0.508 e. The van der Waals surface area contributed by atoms with Crippen LogP contribution in [0.1, 0.15) is 32.6 Å². The van der Waals surface area contributed by atoms with E-state index in [1.54, 1.807) is 0 Å². The number of phenolic OH excluding ortho intramolecular Hbond substituents is 1. The van der Waals surface area contributed by atoms with Gasteiger partial charge in [0.2, 0.25) is 0 Å². The minimum Gasteiger partial charge on any atom is -0.508 e. The van der Waals surface area contributed by atoms with E-state index in [1.807, 2.05) is 11.8 Å². The van der Waals surface area contributed by atoms with E-state index in [4.69, 9.17) is 10.2 Å². The van der Waals surface area contributed by atoms with E-state index in [-0.39, 0.29) is 0 Å². The predicted octanol–water partition coefficient (Wildman–Crippen LogP) is 4.53. The lowest BCUT2D eigenvalue weighted by Crippen LogP contribution is -2.10. The highest BCUT2D eigenvalue weighted by molar-refractivity contribution is 5.88. The molecule has 0 saturated heterocycles. The number of aromatic carboxylic acids is 1. The van der Waals surface area contributed by atoms with Crippen LogP contribution in [0.4, 0.5) is 26.3 Å². The predicted molar refractivity (Wildman–Crippen MR) is 77.5 cm³/mol. The molecule has 26 heavy (non-hydrogen) atoms. The van der Waals surface area contributed by atoms with Gasteiger partial charge in [0, 0.05) is 11.1 Å². The zero-order valence-corrected chi connectivity index (χ0v) is 12.5. The molecule has 0 amide bonds. The molecule has 3 nitrogen and oxygen atoms in total. The Morgan fingerprint density at radius 1 is 0.808 bits per heavy atom. The standard InChI is InChI=1S/C17H8F6O3/c18-16(19,20)13-7-11(15(25)26)4-3-9(13)1-2-10-5-6-12(24)8-14(10)17(21,22)23/h3-8,24H,(H,25,26). The smallest absolute Gasteiger partial charge is 0.417 e. The molecule has 0 atom stereocenters. The van der Waals surface area contributed by atoms with Crippen molar-refractivity contribution >= 4 is 5.97 Å². The monoisotopic (exact) mass is 374 g/mol. The fourth-order valence-electron chi connectivity index (χ4n) is 2.03. The highest BCUT2D eigenvalue weighted by Gasteiger charge is 2.35. The first kappa shape index (κ1) is 19.2. The van der Waals surface area contributed by atoms with E-state index < -0.39 is 51.9 Å². The molecular weight excluding hydrogens is 366 g/mol. The molecule has 0 aliphatic carbocycles. The molecule has 0 fully saturated rings. The number of hydrogen-bond donors (Lipinski definition) is 2. The maximum Gasteiger partial charge on any atom is 0.417 e. The van der Waals surface area contributed by atoms with Crippen molar-refractivity contribution in [2.24, 2.45) is 0 Å². The van der Waals surface area contributed by atoms with E-state index in [9.17, 15) is 31.1 Å². The van der Waals surface area contributed by atoms with E-state index in [0.29, 0.717) is 12.1 Å². The van der Waals surface area contributed by atoms with Crippen LogP contribution in [0.2, 0.25) is 0 Å². The molecule has 0 unspecified atom stereocenters. The Morgan fingerprint density at radius 2 is 1.27 bits per heavy atom. The van der Waals surface area contributed by atoms with Crippen LogP contribution in [0.15, 0.2) is 36.4 Å². The van der Waals surface area contributed by atoms with E-state index >= 15 is 0 Å². The van der Waals surface area contributed by atoms with Gasteiger partial charge in [-0.25, -0.2) is 4.79 Å². The highest BCUT2D eigenvalue weighted by Crippen LogP contribution is 2.35. The molecule has 0 aliphatic rings. The van der Waals surface area contributed by atoms with Crippen LogP contribution in [0.3, 0.4) is 0 Å². The van der Waals surface area contributed by atoms with Gasteiger partial charge in [-0.2, -0.15) is 26.3 Å².